The Morgan fingerprint density at radius 2 is 2.33 bits per heavy atom. The SMILES string of the molecule is N#CNC(=NCCc1cccnc1)N1CC(N2CCCC2=O)C(c2ccc(Cl)s2)=N1. The number of carbonyl (C=O) groups excluding carboxylic acids is 1. The molecule has 0 radical (unpaired) electrons. The summed E-state index contributed by atoms with van der Waals surface area (Å²) in [5, 5.41) is 18.3. The Labute approximate surface area is 183 Å². The van der Waals surface area contributed by atoms with Gasteiger partial charge in [0.25, 0.3) is 0 Å². The van der Waals surface area contributed by atoms with Crippen LogP contribution in [0.1, 0.15) is 23.3 Å². The molecule has 1 atom stereocenters. The highest BCUT2D eigenvalue weighted by Crippen LogP contribution is 2.29. The Kier molecular flexibility index (Phi) is 6.26. The van der Waals surface area contributed by atoms with Crippen LogP contribution in [0.3, 0.4) is 0 Å². The molecule has 1 N–H and O–H groups in total. The molecule has 2 aliphatic heterocycles. The molecule has 0 aromatic carbocycles. The first-order valence-electron chi connectivity index (χ1n) is 9.65. The van der Waals surface area contributed by atoms with E-state index in [-0.39, 0.29) is 11.9 Å². The molecule has 0 bridgehead atoms. The van der Waals surface area contributed by atoms with Gasteiger partial charge < -0.3 is 4.90 Å². The maximum atomic E-state index is 12.4. The van der Waals surface area contributed by atoms with Crippen molar-refractivity contribution in [2.75, 3.05) is 19.6 Å². The van der Waals surface area contributed by atoms with Crippen molar-refractivity contribution in [2.24, 2.45) is 10.1 Å². The van der Waals surface area contributed by atoms with Crippen LogP contribution < -0.4 is 5.32 Å². The smallest absolute Gasteiger partial charge is 0.228 e. The second-order valence-electron chi connectivity index (χ2n) is 6.93. The van der Waals surface area contributed by atoms with Crippen LogP contribution in [0.5, 0.6) is 0 Å². The summed E-state index contributed by atoms with van der Waals surface area (Å²) in [5.74, 6) is 0.496. The third-order valence-electron chi connectivity index (χ3n) is 5.00. The van der Waals surface area contributed by atoms with Crippen molar-refractivity contribution in [1.82, 2.24) is 20.2 Å². The van der Waals surface area contributed by atoms with E-state index in [0.29, 0.717) is 42.8 Å². The summed E-state index contributed by atoms with van der Waals surface area (Å²) in [6.07, 6.45) is 7.57. The number of hydrogen-bond acceptors (Lipinski definition) is 6. The van der Waals surface area contributed by atoms with Gasteiger partial charge >= 0.3 is 0 Å². The highest BCUT2D eigenvalue weighted by Gasteiger charge is 2.39. The second kappa shape index (κ2) is 9.24. The molecule has 0 saturated carbocycles. The van der Waals surface area contributed by atoms with Gasteiger partial charge in [-0.05, 0) is 36.6 Å². The highest BCUT2D eigenvalue weighted by molar-refractivity contribution is 7.18. The summed E-state index contributed by atoms with van der Waals surface area (Å²) in [6, 6.07) is 7.42. The first-order chi connectivity index (χ1) is 14.7. The molecule has 10 heteroatoms. The lowest BCUT2D eigenvalue weighted by Gasteiger charge is -2.25. The number of carbonyl (C=O) groups is 1. The third-order valence-corrected chi connectivity index (χ3v) is 6.25. The lowest BCUT2D eigenvalue weighted by atomic mass is 10.1. The Bertz CT molecular complexity index is 1010. The molecular formula is C20H20ClN7OS. The van der Waals surface area contributed by atoms with E-state index in [1.54, 1.807) is 17.4 Å². The van der Waals surface area contributed by atoms with Gasteiger partial charge in [-0.2, -0.15) is 10.4 Å². The molecule has 4 heterocycles. The molecule has 1 fully saturated rings. The van der Waals surface area contributed by atoms with Crippen molar-refractivity contribution in [3.63, 3.8) is 0 Å². The van der Waals surface area contributed by atoms with Crippen LogP contribution in [-0.2, 0) is 11.2 Å². The van der Waals surface area contributed by atoms with Crippen LogP contribution in [0.25, 0.3) is 0 Å². The monoisotopic (exact) mass is 441 g/mol. The average Bonchev–Trinajstić information content (AvgIpc) is 3.47. The number of nitrogens with one attached hydrogen (secondary N) is 1. The summed E-state index contributed by atoms with van der Waals surface area (Å²) in [6.45, 7) is 1.63. The Morgan fingerprint density at radius 3 is 3.00 bits per heavy atom. The number of guanidine groups is 1. The van der Waals surface area contributed by atoms with E-state index in [1.165, 1.54) is 11.3 Å². The fourth-order valence-electron chi connectivity index (χ4n) is 3.60. The number of thiophene rings is 1. The van der Waals surface area contributed by atoms with Gasteiger partial charge in [0.05, 0.1) is 21.8 Å². The number of hydrazone groups is 1. The number of halogens is 1. The summed E-state index contributed by atoms with van der Waals surface area (Å²) in [7, 11) is 0. The van der Waals surface area contributed by atoms with Crippen LogP contribution in [0.15, 0.2) is 46.8 Å². The Hall–Kier alpha value is -2.96. The first kappa shape index (κ1) is 20.3. The number of amides is 1. The zero-order valence-corrected chi connectivity index (χ0v) is 17.7. The first-order valence-corrected chi connectivity index (χ1v) is 10.8. The molecule has 154 valence electrons. The van der Waals surface area contributed by atoms with Crippen LogP contribution in [0, 0.1) is 11.5 Å². The van der Waals surface area contributed by atoms with Gasteiger partial charge in [-0.1, -0.05) is 17.7 Å². The van der Waals surface area contributed by atoms with E-state index < -0.39 is 0 Å². The van der Waals surface area contributed by atoms with Crippen molar-refractivity contribution in [2.45, 2.75) is 25.3 Å². The molecule has 0 aliphatic carbocycles. The van der Waals surface area contributed by atoms with Crippen molar-refractivity contribution in [3.05, 3.63) is 51.4 Å². The van der Waals surface area contributed by atoms with Gasteiger partial charge in [0, 0.05) is 31.9 Å². The molecule has 1 amide bonds. The molecule has 4 rings (SSSR count). The largest absolute Gasteiger partial charge is 0.332 e. The number of likely N-dealkylation sites (tertiary alicyclic amines) is 1. The van der Waals surface area contributed by atoms with Crippen molar-refractivity contribution >= 4 is 40.5 Å². The van der Waals surface area contributed by atoms with Crippen LogP contribution in [-0.4, -0.2) is 58.1 Å². The number of aromatic nitrogens is 1. The lowest BCUT2D eigenvalue weighted by Crippen LogP contribution is -2.45. The topological polar surface area (TPSA) is 97.0 Å². The maximum absolute atomic E-state index is 12.4. The molecule has 2 aliphatic rings. The molecule has 8 nitrogen and oxygen atoms in total. The molecule has 2 aromatic heterocycles. The minimum atomic E-state index is -0.196. The Balaban J connectivity index is 1.57. The van der Waals surface area contributed by atoms with Crippen molar-refractivity contribution < 1.29 is 4.79 Å². The van der Waals surface area contributed by atoms with E-state index in [1.807, 2.05) is 35.4 Å². The molecule has 0 spiro atoms. The number of nitriles is 1. The van der Waals surface area contributed by atoms with Crippen LogP contribution in [0.2, 0.25) is 4.34 Å². The summed E-state index contributed by atoms with van der Waals surface area (Å²) < 4.78 is 0.665. The number of pyridine rings is 1. The second-order valence-corrected chi connectivity index (χ2v) is 8.65. The van der Waals surface area contributed by atoms with E-state index >= 15 is 0 Å². The minimum Gasteiger partial charge on any atom is -0.332 e. The summed E-state index contributed by atoms with van der Waals surface area (Å²) >= 11 is 7.56. The highest BCUT2D eigenvalue weighted by atomic mass is 35.5. The van der Waals surface area contributed by atoms with Gasteiger partial charge in [0.15, 0.2) is 6.19 Å². The predicted molar refractivity (Wildman–Crippen MR) is 116 cm³/mol. The van der Waals surface area contributed by atoms with Gasteiger partial charge in [-0.15, -0.1) is 11.3 Å². The average molecular weight is 442 g/mol. The van der Waals surface area contributed by atoms with E-state index in [0.717, 1.165) is 22.6 Å². The molecule has 1 saturated heterocycles. The van der Waals surface area contributed by atoms with E-state index in [9.17, 15) is 10.1 Å². The van der Waals surface area contributed by atoms with E-state index in [2.05, 4.69) is 15.3 Å². The van der Waals surface area contributed by atoms with Crippen molar-refractivity contribution in [3.8, 4) is 6.19 Å². The minimum absolute atomic E-state index is 0.125. The summed E-state index contributed by atoms with van der Waals surface area (Å²) in [4.78, 5) is 23.8. The maximum Gasteiger partial charge on any atom is 0.228 e. The summed E-state index contributed by atoms with van der Waals surface area (Å²) in [5.41, 5.74) is 1.85. The lowest BCUT2D eigenvalue weighted by molar-refractivity contribution is -0.128. The number of aliphatic imine (C=N–C) groups is 1. The fourth-order valence-corrected chi connectivity index (χ4v) is 4.68. The van der Waals surface area contributed by atoms with Crippen LogP contribution >= 0.6 is 22.9 Å². The van der Waals surface area contributed by atoms with E-state index in [4.69, 9.17) is 16.7 Å². The van der Waals surface area contributed by atoms with Crippen LogP contribution in [0.4, 0.5) is 0 Å². The predicted octanol–water partition coefficient (Wildman–Crippen LogP) is 2.48. The van der Waals surface area contributed by atoms with Gasteiger partial charge in [0.1, 0.15) is 5.71 Å². The van der Waals surface area contributed by atoms with Gasteiger partial charge in [0.2, 0.25) is 11.9 Å². The zero-order valence-electron chi connectivity index (χ0n) is 16.2. The molecule has 1 unspecified atom stereocenters. The third kappa shape index (κ3) is 4.45. The molecule has 2 aromatic rings. The quantitative estimate of drug-likeness (QED) is 0.333. The molecular weight excluding hydrogens is 422 g/mol. The number of rotatable bonds is 5. The number of nitrogens with zero attached hydrogens (tertiary/aromatic N) is 6. The zero-order chi connectivity index (χ0) is 20.9. The number of hydrogen-bond donors (Lipinski definition) is 1. The van der Waals surface area contributed by atoms with Crippen molar-refractivity contribution in [1.29, 1.82) is 5.26 Å². The normalized spacial score (nSPS) is 19.2. The van der Waals surface area contributed by atoms with Gasteiger partial charge in [-0.3, -0.25) is 20.1 Å². The van der Waals surface area contributed by atoms with Gasteiger partial charge in [-0.25, -0.2) is 5.01 Å². The Morgan fingerprint density at radius 1 is 1.43 bits per heavy atom. The standard InChI is InChI=1S/C20H20ClN7OS/c21-17-6-5-16(30-17)19-15(27-10-2-4-18(27)29)12-28(26-19)20(25-13-22)24-9-7-14-3-1-8-23-11-14/h1,3,5-6,8,11,15H,2,4,7,9-10,12H2,(H,24,25). The molecule has 30 heavy (non-hydrogen) atoms. The fraction of sp³-hybridized carbons (Fsp3) is 0.350.